The molecule has 0 fully saturated rings. The molecule has 1 atom stereocenters. The first-order valence-corrected chi connectivity index (χ1v) is 8.96. The predicted molar refractivity (Wildman–Crippen MR) is 101 cm³/mol. The molecular formula is C20H18N6O2. The Morgan fingerprint density at radius 3 is 3.00 bits per heavy atom. The molecule has 0 spiro atoms. The molecule has 0 aliphatic carbocycles. The largest absolute Gasteiger partial charge is 0.459 e. The number of nitrogens with one attached hydrogen (secondary N) is 1. The molecule has 1 aliphatic rings. The molecule has 3 heterocycles. The van der Waals surface area contributed by atoms with E-state index >= 15 is 0 Å². The third-order valence-corrected chi connectivity index (χ3v) is 4.59. The van der Waals surface area contributed by atoms with Crippen molar-refractivity contribution in [3.8, 4) is 17.3 Å². The van der Waals surface area contributed by atoms with E-state index in [0.717, 1.165) is 41.2 Å². The molecule has 0 amide bonds. The van der Waals surface area contributed by atoms with Crippen molar-refractivity contribution in [1.82, 2.24) is 19.7 Å². The number of ether oxygens (including phenoxy) is 1. The fourth-order valence-corrected chi connectivity index (χ4v) is 3.18. The van der Waals surface area contributed by atoms with Crippen molar-refractivity contribution in [2.75, 3.05) is 11.9 Å². The molecule has 28 heavy (non-hydrogen) atoms. The molecule has 8 nitrogen and oxygen atoms in total. The van der Waals surface area contributed by atoms with Gasteiger partial charge in [0.15, 0.2) is 6.04 Å². The Bertz CT molecular complexity index is 1020. The van der Waals surface area contributed by atoms with Gasteiger partial charge in [0, 0.05) is 23.9 Å². The predicted octanol–water partition coefficient (Wildman–Crippen LogP) is 2.51. The van der Waals surface area contributed by atoms with E-state index < -0.39 is 12.0 Å². The fourth-order valence-electron chi connectivity index (χ4n) is 3.18. The number of hydrogen-bond acceptors (Lipinski definition) is 7. The highest BCUT2D eigenvalue weighted by Gasteiger charge is 2.25. The molecule has 1 aliphatic heterocycles. The maximum Gasteiger partial charge on any atom is 0.332 e. The second-order valence-electron chi connectivity index (χ2n) is 6.41. The monoisotopic (exact) mass is 374 g/mol. The molecule has 0 saturated heterocycles. The van der Waals surface area contributed by atoms with Gasteiger partial charge in [-0.2, -0.15) is 10.4 Å². The zero-order valence-electron chi connectivity index (χ0n) is 15.1. The van der Waals surface area contributed by atoms with E-state index in [-0.39, 0.29) is 13.0 Å². The van der Waals surface area contributed by atoms with Gasteiger partial charge in [0.1, 0.15) is 18.8 Å². The second kappa shape index (κ2) is 7.88. The van der Waals surface area contributed by atoms with Crippen LogP contribution in [0.2, 0.25) is 0 Å². The highest BCUT2D eigenvalue weighted by atomic mass is 16.5. The summed E-state index contributed by atoms with van der Waals surface area (Å²) in [5.41, 5.74) is 3.48. The van der Waals surface area contributed by atoms with Gasteiger partial charge in [0.25, 0.3) is 0 Å². The van der Waals surface area contributed by atoms with Gasteiger partial charge in [-0.3, -0.25) is 4.68 Å². The molecule has 0 radical (unpaired) electrons. The molecule has 2 aromatic heterocycles. The number of rotatable bonds is 6. The van der Waals surface area contributed by atoms with Crippen LogP contribution < -0.4 is 5.32 Å². The zero-order valence-corrected chi connectivity index (χ0v) is 15.1. The molecule has 4 rings (SSSR count). The Labute approximate surface area is 161 Å². The smallest absolute Gasteiger partial charge is 0.332 e. The Kier molecular flexibility index (Phi) is 4.97. The molecule has 140 valence electrons. The highest BCUT2D eigenvalue weighted by molar-refractivity contribution is 5.75. The molecule has 1 unspecified atom stereocenters. The average molecular weight is 374 g/mol. The highest BCUT2D eigenvalue weighted by Crippen LogP contribution is 2.29. The lowest BCUT2D eigenvalue weighted by Gasteiger charge is -2.14. The molecule has 1 aromatic carbocycles. The number of anilines is 1. The van der Waals surface area contributed by atoms with Crippen LogP contribution in [0.15, 0.2) is 49.1 Å². The first-order chi connectivity index (χ1) is 13.8. The van der Waals surface area contributed by atoms with E-state index in [9.17, 15) is 4.79 Å². The van der Waals surface area contributed by atoms with Gasteiger partial charge in [-0.05, 0) is 12.0 Å². The van der Waals surface area contributed by atoms with E-state index in [1.54, 1.807) is 12.4 Å². The van der Waals surface area contributed by atoms with Crippen molar-refractivity contribution in [2.45, 2.75) is 25.5 Å². The van der Waals surface area contributed by atoms with Crippen molar-refractivity contribution in [1.29, 1.82) is 5.26 Å². The lowest BCUT2D eigenvalue weighted by molar-refractivity contribution is -0.149. The standard InChI is InChI=1S/C20H18N6O2/c21-8-6-17(20(27)28-12-14-4-2-1-3-5-14)26-11-15(10-25-26)18-16-7-9-22-19(16)24-13-23-18/h1-5,10-11,13,17H,6-7,9,12H2,(H,22,23,24). The normalized spacial score (nSPS) is 13.2. The van der Waals surface area contributed by atoms with E-state index in [1.165, 1.54) is 11.0 Å². The maximum absolute atomic E-state index is 12.6. The van der Waals surface area contributed by atoms with Crippen molar-refractivity contribution in [3.63, 3.8) is 0 Å². The van der Waals surface area contributed by atoms with Crippen LogP contribution in [0.25, 0.3) is 11.3 Å². The van der Waals surface area contributed by atoms with E-state index in [1.807, 2.05) is 36.4 Å². The van der Waals surface area contributed by atoms with Crippen LogP contribution in [0.5, 0.6) is 0 Å². The third kappa shape index (κ3) is 3.55. The summed E-state index contributed by atoms with van der Waals surface area (Å²) in [6.07, 6.45) is 5.68. The average Bonchev–Trinajstić information content (AvgIpc) is 3.40. The van der Waals surface area contributed by atoms with Gasteiger partial charge in [0.05, 0.1) is 24.4 Å². The van der Waals surface area contributed by atoms with Crippen LogP contribution in [0.1, 0.15) is 23.6 Å². The summed E-state index contributed by atoms with van der Waals surface area (Å²) >= 11 is 0. The van der Waals surface area contributed by atoms with E-state index in [2.05, 4.69) is 20.4 Å². The summed E-state index contributed by atoms with van der Waals surface area (Å²) in [4.78, 5) is 21.2. The summed E-state index contributed by atoms with van der Waals surface area (Å²) in [6, 6.07) is 10.6. The molecule has 0 saturated carbocycles. The first-order valence-electron chi connectivity index (χ1n) is 8.96. The quantitative estimate of drug-likeness (QED) is 0.661. The van der Waals surface area contributed by atoms with Crippen LogP contribution in [0, 0.1) is 11.3 Å². The molecule has 3 aromatic rings. The number of carbonyl (C=O) groups excluding carboxylic acids is 1. The van der Waals surface area contributed by atoms with E-state index in [0.29, 0.717) is 0 Å². The second-order valence-corrected chi connectivity index (χ2v) is 6.41. The number of esters is 1. The van der Waals surface area contributed by atoms with Crippen LogP contribution >= 0.6 is 0 Å². The lowest BCUT2D eigenvalue weighted by atomic mass is 10.1. The van der Waals surface area contributed by atoms with Gasteiger partial charge in [-0.25, -0.2) is 14.8 Å². The Morgan fingerprint density at radius 2 is 2.18 bits per heavy atom. The Hall–Kier alpha value is -3.73. The first kappa shape index (κ1) is 17.7. The maximum atomic E-state index is 12.6. The SMILES string of the molecule is N#CCC(C(=O)OCc1ccccc1)n1cc(-c2ncnc3c2CCN3)cn1. The molecule has 8 heteroatoms. The number of hydrogen-bond donors (Lipinski definition) is 1. The summed E-state index contributed by atoms with van der Waals surface area (Å²) in [5.74, 6) is 0.336. The van der Waals surface area contributed by atoms with Gasteiger partial charge in [-0.15, -0.1) is 0 Å². The minimum atomic E-state index is -0.810. The van der Waals surface area contributed by atoms with Crippen molar-refractivity contribution >= 4 is 11.8 Å². The number of fused-ring (bicyclic) bond motifs is 1. The summed E-state index contributed by atoms with van der Waals surface area (Å²) < 4.78 is 6.87. The molecule has 0 bridgehead atoms. The lowest BCUT2D eigenvalue weighted by Crippen LogP contribution is -2.22. The topological polar surface area (TPSA) is 106 Å². The van der Waals surface area contributed by atoms with Crippen molar-refractivity contribution < 1.29 is 9.53 Å². The minimum absolute atomic E-state index is 0.0296. The van der Waals surface area contributed by atoms with Gasteiger partial charge in [-0.1, -0.05) is 30.3 Å². The molecular weight excluding hydrogens is 356 g/mol. The van der Waals surface area contributed by atoms with E-state index in [4.69, 9.17) is 10.00 Å². The zero-order chi connectivity index (χ0) is 19.3. The summed E-state index contributed by atoms with van der Waals surface area (Å²) in [7, 11) is 0. The van der Waals surface area contributed by atoms with Gasteiger partial charge < -0.3 is 10.1 Å². The van der Waals surface area contributed by atoms with Crippen LogP contribution in [0.4, 0.5) is 5.82 Å². The van der Waals surface area contributed by atoms with Crippen LogP contribution in [-0.4, -0.2) is 32.3 Å². The Morgan fingerprint density at radius 1 is 1.32 bits per heavy atom. The van der Waals surface area contributed by atoms with Crippen molar-refractivity contribution in [3.05, 3.63) is 60.2 Å². The van der Waals surface area contributed by atoms with Gasteiger partial charge in [0.2, 0.25) is 0 Å². The van der Waals surface area contributed by atoms with Crippen molar-refractivity contribution in [2.24, 2.45) is 0 Å². The van der Waals surface area contributed by atoms with Crippen LogP contribution in [0.3, 0.4) is 0 Å². The van der Waals surface area contributed by atoms with Gasteiger partial charge >= 0.3 is 5.97 Å². The number of nitriles is 1. The third-order valence-electron chi connectivity index (χ3n) is 4.59. The number of carbonyl (C=O) groups is 1. The minimum Gasteiger partial charge on any atom is -0.459 e. The number of aromatic nitrogens is 4. The summed E-state index contributed by atoms with van der Waals surface area (Å²) in [5, 5.41) is 16.7. The van der Waals surface area contributed by atoms with Crippen LogP contribution in [-0.2, 0) is 22.6 Å². The number of benzene rings is 1. The molecule has 1 N–H and O–H groups in total. The number of nitrogens with zero attached hydrogens (tertiary/aromatic N) is 5. The summed E-state index contributed by atoms with van der Waals surface area (Å²) in [6.45, 7) is 0.971. The Balaban J connectivity index is 1.54. The fraction of sp³-hybridized carbons (Fsp3) is 0.250.